The lowest BCUT2D eigenvalue weighted by Gasteiger charge is -2.08. The maximum atomic E-state index is 6.05. The van der Waals surface area contributed by atoms with Crippen LogP contribution in [0.1, 0.15) is 33.1 Å². The van der Waals surface area contributed by atoms with Crippen LogP contribution in [-0.4, -0.2) is 30.0 Å². The van der Waals surface area contributed by atoms with Crippen LogP contribution in [0.4, 0.5) is 0 Å². The van der Waals surface area contributed by atoms with E-state index < -0.39 is 0 Å². The van der Waals surface area contributed by atoms with Gasteiger partial charge in [-0.1, -0.05) is 20.3 Å². The fourth-order valence-corrected chi connectivity index (χ4v) is 2.08. The molecule has 0 aliphatic carbocycles. The Hall–Kier alpha value is 0.600. The molecule has 0 aliphatic rings. The molecule has 0 saturated heterocycles. The fourth-order valence-electron chi connectivity index (χ4n) is 1.12. The molecule has 0 heterocycles. The van der Waals surface area contributed by atoms with Crippen LogP contribution in [0.3, 0.4) is 0 Å². The Morgan fingerprint density at radius 3 is 2.77 bits per heavy atom. The van der Waals surface area contributed by atoms with E-state index in [4.69, 9.17) is 11.6 Å². The van der Waals surface area contributed by atoms with Gasteiger partial charge >= 0.3 is 0 Å². The summed E-state index contributed by atoms with van der Waals surface area (Å²) in [6, 6.07) is 0. The lowest BCUT2D eigenvalue weighted by Crippen LogP contribution is -2.24. The van der Waals surface area contributed by atoms with Gasteiger partial charge in [-0.2, -0.15) is 11.8 Å². The van der Waals surface area contributed by atoms with Crippen LogP contribution in [0.2, 0.25) is 0 Å². The van der Waals surface area contributed by atoms with Crippen molar-refractivity contribution in [2.75, 3.05) is 24.6 Å². The van der Waals surface area contributed by atoms with Crippen molar-refractivity contribution in [3.05, 3.63) is 0 Å². The molecular formula is C10H22ClNS. The molecule has 0 spiro atoms. The van der Waals surface area contributed by atoms with Crippen molar-refractivity contribution < 1.29 is 0 Å². The SMILES string of the molecule is CCCC(Cl)CNCCCSCC. The van der Waals surface area contributed by atoms with Crippen molar-refractivity contribution in [2.45, 2.75) is 38.5 Å². The van der Waals surface area contributed by atoms with Crippen LogP contribution in [0.5, 0.6) is 0 Å². The molecule has 0 bridgehead atoms. The highest BCUT2D eigenvalue weighted by Gasteiger charge is 2.00. The highest BCUT2D eigenvalue weighted by molar-refractivity contribution is 7.99. The number of halogens is 1. The van der Waals surface area contributed by atoms with Crippen LogP contribution in [0, 0.1) is 0 Å². The molecule has 80 valence electrons. The number of hydrogen-bond acceptors (Lipinski definition) is 2. The molecule has 0 amide bonds. The van der Waals surface area contributed by atoms with Gasteiger partial charge < -0.3 is 5.32 Å². The first-order valence-corrected chi connectivity index (χ1v) is 6.82. The van der Waals surface area contributed by atoms with Gasteiger partial charge in [0.05, 0.1) is 0 Å². The van der Waals surface area contributed by atoms with Crippen molar-refractivity contribution in [2.24, 2.45) is 0 Å². The second kappa shape index (κ2) is 10.7. The minimum Gasteiger partial charge on any atom is -0.315 e. The first-order chi connectivity index (χ1) is 6.31. The maximum absolute atomic E-state index is 6.05. The topological polar surface area (TPSA) is 12.0 Å². The Balaban J connectivity index is 2.97. The largest absolute Gasteiger partial charge is 0.315 e. The molecule has 1 nitrogen and oxygen atoms in total. The lowest BCUT2D eigenvalue weighted by atomic mass is 10.2. The predicted molar refractivity (Wildman–Crippen MR) is 65.0 cm³/mol. The molecule has 1 N–H and O–H groups in total. The summed E-state index contributed by atoms with van der Waals surface area (Å²) >= 11 is 8.06. The van der Waals surface area contributed by atoms with Crippen molar-refractivity contribution in [1.29, 1.82) is 0 Å². The molecule has 0 aromatic heterocycles. The van der Waals surface area contributed by atoms with Gasteiger partial charge in [0.2, 0.25) is 0 Å². The second-order valence-electron chi connectivity index (χ2n) is 3.14. The minimum atomic E-state index is 0.323. The van der Waals surface area contributed by atoms with Crippen molar-refractivity contribution >= 4 is 23.4 Å². The summed E-state index contributed by atoms with van der Waals surface area (Å²) in [5.41, 5.74) is 0. The van der Waals surface area contributed by atoms with E-state index >= 15 is 0 Å². The average Bonchev–Trinajstić information content (AvgIpc) is 2.11. The molecule has 0 saturated carbocycles. The van der Waals surface area contributed by atoms with Crippen LogP contribution in [0.25, 0.3) is 0 Å². The fraction of sp³-hybridized carbons (Fsp3) is 1.00. The molecule has 0 aromatic carbocycles. The second-order valence-corrected chi connectivity index (χ2v) is 5.15. The van der Waals surface area contributed by atoms with Crippen LogP contribution in [0.15, 0.2) is 0 Å². The van der Waals surface area contributed by atoms with Gasteiger partial charge in [0.25, 0.3) is 0 Å². The summed E-state index contributed by atoms with van der Waals surface area (Å²) in [5.74, 6) is 2.50. The van der Waals surface area contributed by atoms with E-state index in [1.165, 1.54) is 24.3 Å². The highest BCUT2D eigenvalue weighted by Crippen LogP contribution is 2.03. The third-order valence-electron chi connectivity index (χ3n) is 1.81. The summed E-state index contributed by atoms with van der Waals surface area (Å²) in [7, 11) is 0. The van der Waals surface area contributed by atoms with Crippen molar-refractivity contribution in [1.82, 2.24) is 5.32 Å². The van der Waals surface area contributed by atoms with Crippen molar-refractivity contribution in [3.63, 3.8) is 0 Å². The van der Waals surface area contributed by atoms with Crippen LogP contribution in [-0.2, 0) is 0 Å². The van der Waals surface area contributed by atoms with Gasteiger partial charge in [0.1, 0.15) is 0 Å². The van der Waals surface area contributed by atoms with Gasteiger partial charge in [0.15, 0.2) is 0 Å². The smallest absolute Gasteiger partial charge is 0.0460 e. The molecule has 3 heteroatoms. The van der Waals surface area contributed by atoms with E-state index in [-0.39, 0.29) is 0 Å². The zero-order valence-corrected chi connectivity index (χ0v) is 10.4. The van der Waals surface area contributed by atoms with E-state index in [0.29, 0.717) is 5.38 Å². The monoisotopic (exact) mass is 223 g/mol. The summed E-state index contributed by atoms with van der Waals surface area (Å²) in [5, 5.41) is 3.71. The van der Waals surface area contributed by atoms with Gasteiger partial charge in [-0.05, 0) is 30.9 Å². The molecule has 1 unspecified atom stereocenters. The van der Waals surface area contributed by atoms with E-state index in [2.05, 4.69) is 19.2 Å². The molecule has 0 aliphatic heterocycles. The zero-order chi connectivity index (χ0) is 9.94. The first kappa shape index (κ1) is 13.6. The molecule has 13 heavy (non-hydrogen) atoms. The highest BCUT2D eigenvalue weighted by atomic mass is 35.5. The Morgan fingerprint density at radius 2 is 2.15 bits per heavy atom. The average molecular weight is 224 g/mol. The van der Waals surface area contributed by atoms with Crippen molar-refractivity contribution in [3.8, 4) is 0 Å². The number of rotatable bonds is 9. The van der Waals surface area contributed by atoms with E-state index in [1.54, 1.807) is 0 Å². The van der Waals surface area contributed by atoms with Gasteiger partial charge in [-0.15, -0.1) is 11.6 Å². The predicted octanol–water partition coefficient (Wildman–Crippen LogP) is 3.13. The zero-order valence-electron chi connectivity index (χ0n) is 8.81. The minimum absolute atomic E-state index is 0.323. The molecule has 1 atom stereocenters. The number of hydrogen-bond donors (Lipinski definition) is 1. The molecule has 0 radical (unpaired) electrons. The summed E-state index contributed by atoms with van der Waals surface area (Å²) in [6.07, 6.45) is 3.56. The van der Waals surface area contributed by atoms with Crippen LogP contribution < -0.4 is 5.32 Å². The first-order valence-electron chi connectivity index (χ1n) is 5.23. The Labute approximate surface area is 92.0 Å². The maximum Gasteiger partial charge on any atom is 0.0460 e. The third-order valence-corrected chi connectivity index (χ3v) is 3.17. The number of nitrogens with one attached hydrogen (secondary N) is 1. The molecule has 0 fully saturated rings. The molecule has 0 aromatic rings. The lowest BCUT2D eigenvalue weighted by molar-refractivity contribution is 0.619. The molecular weight excluding hydrogens is 202 g/mol. The quantitative estimate of drug-likeness (QED) is 0.476. The van der Waals surface area contributed by atoms with Gasteiger partial charge in [-0.25, -0.2) is 0 Å². The Kier molecular flexibility index (Phi) is 11.2. The third kappa shape index (κ3) is 10.5. The molecule has 0 rings (SSSR count). The Bertz CT molecular complexity index is 101. The summed E-state index contributed by atoms with van der Waals surface area (Å²) in [4.78, 5) is 0. The van der Waals surface area contributed by atoms with Gasteiger partial charge in [0, 0.05) is 11.9 Å². The van der Waals surface area contributed by atoms with E-state index in [9.17, 15) is 0 Å². The van der Waals surface area contributed by atoms with E-state index in [0.717, 1.165) is 19.5 Å². The van der Waals surface area contributed by atoms with Gasteiger partial charge in [-0.3, -0.25) is 0 Å². The summed E-state index contributed by atoms with van der Waals surface area (Å²) < 4.78 is 0. The Morgan fingerprint density at radius 1 is 1.38 bits per heavy atom. The summed E-state index contributed by atoms with van der Waals surface area (Å²) in [6.45, 7) is 6.45. The number of thioether (sulfide) groups is 1. The standard InChI is InChI=1S/C10H22ClNS/c1-3-6-10(11)9-12-7-5-8-13-4-2/h10,12H,3-9H2,1-2H3. The normalized spacial score (nSPS) is 13.2. The van der Waals surface area contributed by atoms with Crippen LogP contribution >= 0.6 is 23.4 Å². The number of alkyl halides is 1. The van der Waals surface area contributed by atoms with E-state index in [1.807, 2.05) is 11.8 Å².